The zero-order valence-electron chi connectivity index (χ0n) is 16.2. The number of hydrogen-bond donors (Lipinski definition) is 3. The molecule has 1 aromatic heterocycles. The Morgan fingerprint density at radius 1 is 1.33 bits per heavy atom. The number of nitrogen functional groups attached to an aromatic ring is 1. The number of ether oxygens (including phenoxy) is 1. The van der Waals surface area contributed by atoms with Gasteiger partial charge in [-0.1, -0.05) is 11.6 Å². The van der Waals surface area contributed by atoms with Crippen LogP contribution in [0.5, 0.6) is 5.75 Å². The van der Waals surface area contributed by atoms with Crippen LogP contribution in [0.25, 0.3) is 11.3 Å². The number of halogens is 2. The van der Waals surface area contributed by atoms with Crippen molar-refractivity contribution in [2.24, 2.45) is 10.7 Å². The topological polar surface area (TPSA) is 116 Å². The predicted octanol–water partition coefficient (Wildman–Crippen LogP) is 4.37. The lowest BCUT2D eigenvalue weighted by Gasteiger charge is -2.09. The third-order valence-electron chi connectivity index (χ3n) is 4.27. The summed E-state index contributed by atoms with van der Waals surface area (Å²) in [5.74, 6) is 0.253. The summed E-state index contributed by atoms with van der Waals surface area (Å²) < 4.78 is 10.3. The number of nitrogens with zero attached hydrogens (tertiary/aromatic N) is 2. The smallest absolute Gasteiger partial charge is 0.283 e. The number of rotatable bonds is 5. The van der Waals surface area contributed by atoms with Gasteiger partial charge in [0.05, 0.1) is 29.1 Å². The summed E-state index contributed by atoms with van der Waals surface area (Å²) in [7, 11) is 1.60. The van der Waals surface area contributed by atoms with Crippen LogP contribution in [-0.4, -0.2) is 23.4 Å². The van der Waals surface area contributed by atoms with E-state index in [4.69, 9.17) is 27.8 Å². The average Bonchev–Trinajstić information content (AvgIpc) is 3.12. The largest absolute Gasteiger partial charge is 0.497 e. The van der Waals surface area contributed by atoms with Crippen LogP contribution in [0.2, 0.25) is 5.02 Å². The molecular weight excluding hydrogens is 490 g/mol. The minimum atomic E-state index is -0.464. The summed E-state index contributed by atoms with van der Waals surface area (Å²) in [5, 5.41) is 3.34. The number of aromatic nitrogens is 1. The highest BCUT2D eigenvalue weighted by Crippen LogP contribution is 2.30. The number of guanidine groups is 1. The molecule has 0 spiro atoms. The molecule has 2 aromatic carbocycles. The fourth-order valence-corrected chi connectivity index (χ4v) is 4.27. The van der Waals surface area contributed by atoms with Crippen molar-refractivity contribution in [3.63, 3.8) is 0 Å². The molecule has 156 valence electrons. The van der Waals surface area contributed by atoms with Crippen molar-refractivity contribution < 1.29 is 9.53 Å². The predicted molar refractivity (Wildman–Crippen MR) is 125 cm³/mol. The zero-order valence-corrected chi connectivity index (χ0v) is 19.4. The van der Waals surface area contributed by atoms with Crippen molar-refractivity contribution in [1.29, 1.82) is 0 Å². The maximum atomic E-state index is 12.8. The van der Waals surface area contributed by atoms with Crippen molar-refractivity contribution in [3.05, 3.63) is 61.9 Å². The second kappa shape index (κ2) is 9.46. The molecule has 0 aliphatic carbocycles. The third-order valence-corrected chi connectivity index (χ3v) is 6.00. The van der Waals surface area contributed by atoms with Crippen LogP contribution in [0.1, 0.15) is 20.8 Å². The number of aliphatic imine (C=N–C) groups is 1. The molecule has 0 aliphatic rings. The van der Waals surface area contributed by atoms with Crippen molar-refractivity contribution in [3.8, 4) is 17.0 Å². The maximum Gasteiger partial charge on any atom is 0.283 e. The highest BCUT2D eigenvalue weighted by Gasteiger charge is 2.20. The summed E-state index contributed by atoms with van der Waals surface area (Å²) in [5.41, 5.74) is 14.8. The number of benzene rings is 2. The Hall–Kier alpha value is -2.62. The van der Waals surface area contributed by atoms with Gasteiger partial charge in [0.25, 0.3) is 5.91 Å². The van der Waals surface area contributed by atoms with E-state index in [9.17, 15) is 4.79 Å². The fourth-order valence-electron chi connectivity index (χ4n) is 2.71. The van der Waals surface area contributed by atoms with Gasteiger partial charge in [0, 0.05) is 21.5 Å². The molecule has 0 fully saturated rings. The Morgan fingerprint density at radius 3 is 2.67 bits per heavy atom. The van der Waals surface area contributed by atoms with E-state index in [-0.39, 0.29) is 5.96 Å². The lowest BCUT2D eigenvalue weighted by molar-refractivity contribution is 0.100. The maximum absolute atomic E-state index is 12.8. The standard InChI is InChI=1S/C20H19BrClN5O2S/c1-10-16(18(27-30-10)12-3-5-13(29-2)6-4-12)19(28)26-20(24)25-9-11-7-14(21)17(23)15(22)8-11/h3-8H,9,23H2,1-2H3,(H3,24,25,26,28). The van der Waals surface area contributed by atoms with Crippen LogP contribution < -0.4 is 21.5 Å². The second-order valence-corrected chi connectivity index (χ2v) is 8.56. The summed E-state index contributed by atoms with van der Waals surface area (Å²) in [6.07, 6.45) is 0. The van der Waals surface area contributed by atoms with E-state index >= 15 is 0 Å². The normalized spacial score (nSPS) is 11.4. The first kappa shape index (κ1) is 22.1. The van der Waals surface area contributed by atoms with Gasteiger partial charge in [0.15, 0.2) is 5.96 Å². The molecular formula is C20H19BrClN5O2S. The quantitative estimate of drug-likeness (QED) is 0.268. The Balaban J connectivity index is 1.78. The van der Waals surface area contributed by atoms with Crippen molar-refractivity contribution in [2.75, 3.05) is 12.8 Å². The highest BCUT2D eigenvalue weighted by atomic mass is 79.9. The molecule has 3 rings (SSSR count). The molecule has 30 heavy (non-hydrogen) atoms. The molecule has 10 heteroatoms. The van der Waals surface area contributed by atoms with E-state index in [0.29, 0.717) is 33.0 Å². The van der Waals surface area contributed by atoms with Crippen LogP contribution in [0.3, 0.4) is 0 Å². The molecule has 0 bridgehead atoms. The van der Waals surface area contributed by atoms with Gasteiger partial charge < -0.3 is 21.5 Å². The van der Waals surface area contributed by atoms with E-state index in [1.807, 2.05) is 37.3 Å². The van der Waals surface area contributed by atoms with E-state index in [1.54, 1.807) is 13.2 Å². The van der Waals surface area contributed by atoms with Crippen molar-refractivity contribution in [2.45, 2.75) is 13.5 Å². The van der Waals surface area contributed by atoms with Gasteiger partial charge >= 0.3 is 0 Å². The number of carbonyl (C=O) groups is 1. The second-order valence-electron chi connectivity index (χ2n) is 6.32. The molecule has 0 aliphatic heterocycles. The van der Waals surface area contributed by atoms with Gasteiger partial charge in [0.2, 0.25) is 0 Å². The number of carbonyl (C=O) groups excluding carboxylic acids is 1. The minimum absolute atomic E-state index is 0.00430. The lowest BCUT2D eigenvalue weighted by Crippen LogP contribution is -2.32. The van der Waals surface area contributed by atoms with Crippen LogP contribution in [0, 0.1) is 6.92 Å². The number of methoxy groups -OCH3 is 1. The average molecular weight is 509 g/mol. The van der Waals surface area contributed by atoms with Crippen molar-refractivity contribution >= 4 is 56.6 Å². The van der Waals surface area contributed by atoms with E-state index in [1.165, 1.54) is 11.5 Å². The number of nitrogens with one attached hydrogen (secondary N) is 1. The van der Waals surface area contributed by atoms with Gasteiger partial charge in [-0.05, 0) is 76.3 Å². The molecule has 7 nitrogen and oxygen atoms in total. The number of nitrogens with two attached hydrogens (primary N) is 2. The summed E-state index contributed by atoms with van der Waals surface area (Å²) in [6, 6.07) is 10.9. The van der Waals surface area contributed by atoms with Crippen LogP contribution >= 0.6 is 39.1 Å². The van der Waals surface area contributed by atoms with Crippen molar-refractivity contribution in [1.82, 2.24) is 9.69 Å². The van der Waals surface area contributed by atoms with E-state index in [2.05, 4.69) is 30.6 Å². The van der Waals surface area contributed by atoms with E-state index < -0.39 is 5.91 Å². The summed E-state index contributed by atoms with van der Waals surface area (Å²) in [4.78, 5) is 17.6. The number of aryl methyl sites for hydroxylation is 1. The number of amides is 1. The first-order valence-electron chi connectivity index (χ1n) is 8.76. The Morgan fingerprint density at radius 2 is 2.03 bits per heavy atom. The molecule has 0 radical (unpaired) electrons. The Bertz CT molecular complexity index is 1090. The van der Waals surface area contributed by atoms with Crippen LogP contribution in [0.15, 0.2) is 45.9 Å². The van der Waals surface area contributed by atoms with Crippen LogP contribution in [-0.2, 0) is 6.54 Å². The van der Waals surface area contributed by atoms with Gasteiger partial charge in [0.1, 0.15) is 5.75 Å². The molecule has 1 amide bonds. The third kappa shape index (κ3) is 4.92. The monoisotopic (exact) mass is 507 g/mol. The Labute approximate surface area is 191 Å². The van der Waals surface area contributed by atoms with Gasteiger partial charge in [-0.2, -0.15) is 9.37 Å². The fraction of sp³-hybridized carbons (Fsp3) is 0.150. The van der Waals surface area contributed by atoms with Crippen LogP contribution in [0.4, 0.5) is 5.69 Å². The Kier molecular flexibility index (Phi) is 6.96. The van der Waals surface area contributed by atoms with Gasteiger partial charge in [-0.3, -0.25) is 4.79 Å². The zero-order chi connectivity index (χ0) is 21.8. The SMILES string of the molecule is COc1ccc(-c2nsc(C)c2C(=O)/N=C(/N)NCc2cc(Cl)c(N)c(Br)c2)cc1. The highest BCUT2D eigenvalue weighted by molar-refractivity contribution is 9.10. The molecule has 0 unspecified atom stereocenters. The first-order valence-corrected chi connectivity index (χ1v) is 10.7. The molecule has 0 saturated carbocycles. The van der Waals surface area contributed by atoms with E-state index in [0.717, 1.165) is 21.8 Å². The van der Waals surface area contributed by atoms with Gasteiger partial charge in [-0.25, -0.2) is 0 Å². The molecule has 0 saturated heterocycles. The number of anilines is 1. The minimum Gasteiger partial charge on any atom is -0.497 e. The molecule has 3 aromatic rings. The summed E-state index contributed by atoms with van der Waals surface area (Å²) in [6.45, 7) is 2.15. The number of hydrogen-bond acceptors (Lipinski definition) is 5. The molecule has 0 atom stereocenters. The lowest BCUT2D eigenvalue weighted by atomic mass is 10.1. The summed E-state index contributed by atoms with van der Waals surface area (Å²) >= 11 is 10.7. The molecule has 1 heterocycles. The molecule has 5 N–H and O–H groups in total. The van der Waals surface area contributed by atoms with Gasteiger partial charge in [-0.15, -0.1) is 0 Å². The first-order chi connectivity index (χ1) is 14.3.